The first-order valence-electron chi connectivity index (χ1n) is 5.65. The summed E-state index contributed by atoms with van der Waals surface area (Å²) in [7, 11) is 0. The van der Waals surface area contributed by atoms with Gasteiger partial charge in [0.25, 0.3) is 0 Å². The Balaban J connectivity index is 2.04. The van der Waals surface area contributed by atoms with Gasteiger partial charge in [-0.2, -0.15) is 0 Å². The lowest BCUT2D eigenvalue weighted by Crippen LogP contribution is -2.42. The largest absolute Gasteiger partial charge is 0.348 e. The molecule has 1 aliphatic heterocycles. The molecule has 2 rings (SSSR count). The Hall–Kier alpha value is -0.420. The molecule has 1 aromatic carbocycles. The quantitative estimate of drug-likeness (QED) is 0.902. The Kier molecular flexibility index (Phi) is 4.78. The van der Waals surface area contributed by atoms with Crippen LogP contribution in [0.5, 0.6) is 0 Å². The summed E-state index contributed by atoms with van der Waals surface area (Å²) in [6.07, 6.45) is 0. The van der Waals surface area contributed by atoms with E-state index in [0.29, 0.717) is 10.0 Å². The van der Waals surface area contributed by atoms with Gasteiger partial charge in [-0.15, -0.1) is 11.8 Å². The first-order chi connectivity index (χ1) is 8.59. The van der Waals surface area contributed by atoms with E-state index in [0.717, 1.165) is 17.2 Å². The summed E-state index contributed by atoms with van der Waals surface area (Å²) in [5.74, 6) is 1.63. The maximum Gasteiger partial charge on any atom is 0.238 e. The highest BCUT2D eigenvalue weighted by Gasteiger charge is 2.24. The van der Waals surface area contributed by atoms with Crippen molar-refractivity contribution >= 4 is 40.9 Å². The lowest BCUT2D eigenvalue weighted by Gasteiger charge is -2.18. The Bertz CT molecular complexity index is 450. The van der Waals surface area contributed by atoms with Crippen LogP contribution in [0.25, 0.3) is 0 Å². The lowest BCUT2D eigenvalue weighted by molar-refractivity contribution is -0.123. The van der Waals surface area contributed by atoms with Crippen molar-refractivity contribution in [3.63, 3.8) is 0 Å². The van der Waals surface area contributed by atoms with E-state index >= 15 is 0 Å². The van der Waals surface area contributed by atoms with Crippen LogP contribution in [0.15, 0.2) is 18.2 Å². The SMILES string of the molecule is CC(NC(=O)C1CSCN1)c1cccc(Cl)c1Cl. The number of carbonyl (C=O) groups is 1. The van der Waals surface area contributed by atoms with Crippen molar-refractivity contribution in [2.24, 2.45) is 0 Å². The van der Waals surface area contributed by atoms with Crippen LogP contribution in [0.1, 0.15) is 18.5 Å². The standard InChI is InChI=1S/C12H14Cl2N2OS/c1-7(8-3-2-4-9(13)11(8)14)16-12(17)10-5-18-6-15-10/h2-4,7,10,15H,5-6H2,1H3,(H,16,17). The molecule has 0 saturated carbocycles. The molecule has 18 heavy (non-hydrogen) atoms. The van der Waals surface area contributed by atoms with Gasteiger partial charge >= 0.3 is 0 Å². The van der Waals surface area contributed by atoms with Gasteiger partial charge in [0.1, 0.15) is 0 Å². The van der Waals surface area contributed by atoms with Crippen LogP contribution in [-0.4, -0.2) is 23.6 Å². The van der Waals surface area contributed by atoms with Crippen molar-refractivity contribution in [2.75, 3.05) is 11.6 Å². The van der Waals surface area contributed by atoms with E-state index in [2.05, 4.69) is 10.6 Å². The van der Waals surface area contributed by atoms with Crippen molar-refractivity contribution in [1.29, 1.82) is 0 Å². The molecule has 1 heterocycles. The molecule has 3 nitrogen and oxygen atoms in total. The van der Waals surface area contributed by atoms with Gasteiger partial charge in [-0.3, -0.25) is 10.1 Å². The van der Waals surface area contributed by atoms with E-state index in [1.54, 1.807) is 17.8 Å². The zero-order valence-electron chi connectivity index (χ0n) is 9.87. The lowest BCUT2D eigenvalue weighted by atomic mass is 10.1. The van der Waals surface area contributed by atoms with Gasteiger partial charge in [-0.25, -0.2) is 0 Å². The number of hydrogen-bond donors (Lipinski definition) is 2. The van der Waals surface area contributed by atoms with Gasteiger partial charge in [0.05, 0.1) is 22.1 Å². The molecule has 1 aromatic rings. The van der Waals surface area contributed by atoms with Gasteiger partial charge < -0.3 is 5.32 Å². The molecule has 2 atom stereocenters. The van der Waals surface area contributed by atoms with Crippen LogP contribution in [0.3, 0.4) is 0 Å². The summed E-state index contributed by atoms with van der Waals surface area (Å²) >= 11 is 13.8. The van der Waals surface area contributed by atoms with Crippen molar-refractivity contribution in [1.82, 2.24) is 10.6 Å². The predicted octanol–water partition coefficient (Wildman–Crippen LogP) is 2.83. The highest BCUT2D eigenvalue weighted by molar-refractivity contribution is 7.99. The number of thioether (sulfide) groups is 1. The van der Waals surface area contributed by atoms with Crippen LogP contribution in [-0.2, 0) is 4.79 Å². The van der Waals surface area contributed by atoms with Crippen LogP contribution < -0.4 is 10.6 Å². The van der Waals surface area contributed by atoms with E-state index < -0.39 is 0 Å². The third-order valence-corrected chi connectivity index (χ3v) is 4.61. The molecule has 1 fully saturated rings. The number of amides is 1. The Labute approximate surface area is 121 Å². The molecule has 6 heteroatoms. The second-order valence-electron chi connectivity index (χ2n) is 4.15. The topological polar surface area (TPSA) is 41.1 Å². The minimum atomic E-state index is -0.156. The fourth-order valence-corrected chi connectivity index (χ4v) is 3.22. The summed E-state index contributed by atoms with van der Waals surface area (Å²) in [6.45, 7) is 1.90. The third-order valence-electron chi connectivity index (χ3n) is 2.84. The van der Waals surface area contributed by atoms with E-state index in [1.807, 2.05) is 19.1 Å². The normalized spacial score (nSPS) is 20.7. The van der Waals surface area contributed by atoms with E-state index in [4.69, 9.17) is 23.2 Å². The van der Waals surface area contributed by atoms with Gasteiger partial charge in [0.15, 0.2) is 0 Å². The first kappa shape index (κ1) is 14.0. The van der Waals surface area contributed by atoms with Crippen LogP contribution in [0.4, 0.5) is 0 Å². The molecule has 2 N–H and O–H groups in total. The highest BCUT2D eigenvalue weighted by Crippen LogP contribution is 2.29. The molecular formula is C12H14Cl2N2OS. The molecule has 1 amide bonds. The van der Waals surface area contributed by atoms with Gasteiger partial charge in [-0.1, -0.05) is 35.3 Å². The van der Waals surface area contributed by atoms with Gasteiger partial charge in [0.2, 0.25) is 5.91 Å². The molecule has 0 radical (unpaired) electrons. The third kappa shape index (κ3) is 3.12. The molecule has 1 saturated heterocycles. The monoisotopic (exact) mass is 304 g/mol. The van der Waals surface area contributed by atoms with E-state index in [1.165, 1.54) is 0 Å². The maximum atomic E-state index is 12.0. The molecule has 0 aliphatic carbocycles. The molecule has 2 unspecified atom stereocenters. The fourth-order valence-electron chi connectivity index (χ4n) is 1.81. The average Bonchev–Trinajstić information content (AvgIpc) is 2.86. The number of benzene rings is 1. The fraction of sp³-hybridized carbons (Fsp3) is 0.417. The summed E-state index contributed by atoms with van der Waals surface area (Å²) in [4.78, 5) is 12.0. The Morgan fingerprint density at radius 2 is 2.33 bits per heavy atom. The van der Waals surface area contributed by atoms with Crippen molar-refractivity contribution in [3.8, 4) is 0 Å². The number of nitrogens with one attached hydrogen (secondary N) is 2. The smallest absolute Gasteiger partial charge is 0.238 e. The summed E-state index contributed by atoms with van der Waals surface area (Å²) in [5, 5.41) is 7.08. The number of hydrogen-bond acceptors (Lipinski definition) is 3. The Morgan fingerprint density at radius 3 is 3.00 bits per heavy atom. The van der Waals surface area contributed by atoms with Crippen LogP contribution in [0.2, 0.25) is 10.0 Å². The number of halogens is 2. The zero-order chi connectivity index (χ0) is 13.1. The summed E-state index contributed by atoms with van der Waals surface area (Å²) in [6, 6.07) is 5.16. The van der Waals surface area contributed by atoms with Gasteiger partial charge in [0, 0.05) is 11.6 Å². The molecule has 0 aromatic heterocycles. The van der Waals surface area contributed by atoms with Crippen molar-refractivity contribution in [3.05, 3.63) is 33.8 Å². The van der Waals surface area contributed by atoms with Crippen LogP contribution in [0, 0.1) is 0 Å². The van der Waals surface area contributed by atoms with E-state index in [9.17, 15) is 4.79 Å². The minimum absolute atomic E-state index is 0.00328. The summed E-state index contributed by atoms with van der Waals surface area (Å²) in [5.41, 5.74) is 0.836. The average molecular weight is 305 g/mol. The maximum absolute atomic E-state index is 12.0. The van der Waals surface area contributed by atoms with Gasteiger partial charge in [-0.05, 0) is 18.6 Å². The zero-order valence-corrected chi connectivity index (χ0v) is 12.2. The molecule has 0 bridgehead atoms. The second-order valence-corrected chi connectivity index (χ2v) is 5.96. The number of carbonyl (C=O) groups excluding carboxylic acids is 1. The minimum Gasteiger partial charge on any atom is -0.348 e. The molecule has 98 valence electrons. The number of rotatable bonds is 3. The molecule has 1 aliphatic rings. The van der Waals surface area contributed by atoms with Crippen molar-refractivity contribution < 1.29 is 4.79 Å². The Morgan fingerprint density at radius 1 is 1.56 bits per heavy atom. The second kappa shape index (κ2) is 6.15. The first-order valence-corrected chi connectivity index (χ1v) is 7.56. The predicted molar refractivity (Wildman–Crippen MR) is 77.3 cm³/mol. The van der Waals surface area contributed by atoms with E-state index in [-0.39, 0.29) is 18.0 Å². The van der Waals surface area contributed by atoms with Crippen molar-refractivity contribution in [2.45, 2.75) is 19.0 Å². The highest BCUT2D eigenvalue weighted by atomic mass is 35.5. The molecule has 0 spiro atoms. The van der Waals surface area contributed by atoms with Crippen LogP contribution >= 0.6 is 35.0 Å². The molecular weight excluding hydrogens is 291 g/mol. The summed E-state index contributed by atoms with van der Waals surface area (Å²) < 4.78 is 0.